The summed E-state index contributed by atoms with van der Waals surface area (Å²) in [6.45, 7) is 3.68. The number of hydrogen-bond donors (Lipinski definition) is 1. The number of benzene rings is 2. The molecule has 0 aliphatic carbocycles. The van der Waals surface area contributed by atoms with Gasteiger partial charge in [0, 0.05) is 19.5 Å². The molecule has 1 N–H and O–H groups in total. The lowest BCUT2D eigenvalue weighted by molar-refractivity contribution is -0.116. The predicted molar refractivity (Wildman–Crippen MR) is 109 cm³/mol. The smallest absolute Gasteiger partial charge is 0.255 e. The Labute approximate surface area is 161 Å². The molecule has 142 valence electrons. The van der Waals surface area contributed by atoms with E-state index in [1.54, 1.807) is 6.07 Å². The van der Waals surface area contributed by atoms with Crippen molar-refractivity contribution in [3.63, 3.8) is 0 Å². The number of piperidine rings is 1. The van der Waals surface area contributed by atoms with Crippen LogP contribution in [0.3, 0.4) is 0 Å². The molecule has 0 spiro atoms. The van der Waals surface area contributed by atoms with E-state index in [1.807, 2.05) is 23.1 Å². The molecule has 1 aliphatic rings. The van der Waals surface area contributed by atoms with Gasteiger partial charge in [-0.15, -0.1) is 0 Å². The SMILES string of the molecule is Cc1ccc(CCCC(=O)Nc2ccccc2C(=O)N2CCCCC2)cc1. The van der Waals surface area contributed by atoms with Gasteiger partial charge in [0.25, 0.3) is 5.91 Å². The first-order chi connectivity index (χ1) is 13.1. The van der Waals surface area contributed by atoms with E-state index in [4.69, 9.17) is 0 Å². The average Bonchev–Trinajstić information content (AvgIpc) is 2.70. The van der Waals surface area contributed by atoms with Crippen LogP contribution in [-0.2, 0) is 11.2 Å². The van der Waals surface area contributed by atoms with Crippen molar-refractivity contribution < 1.29 is 9.59 Å². The fourth-order valence-corrected chi connectivity index (χ4v) is 3.47. The lowest BCUT2D eigenvalue weighted by atomic mass is 10.1. The number of likely N-dealkylation sites (tertiary alicyclic amines) is 1. The minimum atomic E-state index is -0.0407. The Hall–Kier alpha value is -2.62. The molecule has 2 aromatic carbocycles. The molecule has 4 nitrogen and oxygen atoms in total. The Morgan fingerprint density at radius 3 is 2.41 bits per heavy atom. The van der Waals surface area contributed by atoms with Crippen molar-refractivity contribution in [1.82, 2.24) is 4.90 Å². The molecule has 4 heteroatoms. The Balaban J connectivity index is 1.55. The van der Waals surface area contributed by atoms with Gasteiger partial charge in [0.1, 0.15) is 0 Å². The maximum atomic E-state index is 12.8. The Morgan fingerprint density at radius 1 is 0.963 bits per heavy atom. The summed E-state index contributed by atoms with van der Waals surface area (Å²) in [5.41, 5.74) is 3.69. The first-order valence-electron chi connectivity index (χ1n) is 9.87. The predicted octanol–water partition coefficient (Wildman–Crippen LogP) is 4.58. The third-order valence-corrected chi connectivity index (χ3v) is 5.06. The summed E-state index contributed by atoms with van der Waals surface area (Å²) in [6.07, 6.45) is 5.40. The van der Waals surface area contributed by atoms with Crippen molar-refractivity contribution in [1.29, 1.82) is 0 Å². The van der Waals surface area contributed by atoms with Crippen LogP contribution >= 0.6 is 0 Å². The summed E-state index contributed by atoms with van der Waals surface area (Å²) < 4.78 is 0. The number of para-hydroxylation sites is 1. The summed E-state index contributed by atoms with van der Waals surface area (Å²) in [7, 11) is 0. The van der Waals surface area contributed by atoms with Gasteiger partial charge in [-0.2, -0.15) is 0 Å². The van der Waals surface area contributed by atoms with Crippen molar-refractivity contribution in [3.8, 4) is 0 Å². The molecule has 0 unspecified atom stereocenters. The number of rotatable bonds is 6. The van der Waals surface area contributed by atoms with E-state index in [9.17, 15) is 9.59 Å². The highest BCUT2D eigenvalue weighted by Crippen LogP contribution is 2.20. The van der Waals surface area contributed by atoms with E-state index in [0.717, 1.165) is 38.8 Å². The number of hydrogen-bond acceptors (Lipinski definition) is 2. The second-order valence-corrected chi connectivity index (χ2v) is 7.29. The zero-order chi connectivity index (χ0) is 19.1. The minimum absolute atomic E-state index is 0.0188. The number of amides is 2. The van der Waals surface area contributed by atoms with Gasteiger partial charge in [-0.3, -0.25) is 9.59 Å². The molecule has 0 aromatic heterocycles. The van der Waals surface area contributed by atoms with Crippen LogP contribution in [0.5, 0.6) is 0 Å². The summed E-state index contributed by atoms with van der Waals surface area (Å²) in [6, 6.07) is 15.7. The van der Waals surface area contributed by atoms with Gasteiger partial charge in [0.15, 0.2) is 0 Å². The molecule has 0 saturated carbocycles. The van der Waals surface area contributed by atoms with E-state index in [0.29, 0.717) is 17.7 Å². The number of nitrogens with one attached hydrogen (secondary N) is 1. The maximum absolute atomic E-state index is 12.8. The summed E-state index contributed by atoms with van der Waals surface area (Å²) in [4.78, 5) is 27.1. The molecule has 2 amide bonds. The summed E-state index contributed by atoms with van der Waals surface area (Å²) in [5, 5.41) is 2.94. The number of carbonyl (C=O) groups excluding carboxylic acids is 2. The first kappa shape index (κ1) is 19.2. The van der Waals surface area contributed by atoms with E-state index in [-0.39, 0.29) is 11.8 Å². The zero-order valence-electron chi connectivity index (χ0n) is 16.0. The van der Waals surface area contributed by atoms with E-state index in [1.165, 1.54) is 17.5 Å². The topological polar surface area (TPSA) is 49.4 Å². The molecule has 1 aliphatic heterocycles. The lowest BCUT2D eigenvalue weighted by Gasteiger charge is -2.27. The standard InChI is InChI=1S/C23H28N2O2/c1-18-12-14-19(15-13-18)8-7-11-22(26)24-21-10-4-3-9-20(21)23(27)25-16-5-2-6-17-25/h3-4,9-10,12-15H,2,5-8,11,16-17H2,1H3,(H,24,26). The number of nitrogens with zero attached hydrogens (tertiary/aromatic N) is 1. The molecule has 1 saturated heterocycles. The molecule has 1 fully saturated rings. The number of anilines is 1. The molecule has 3 rings (SSSR count). The lowest BCUT2D eigenvalue weighted by Crippen LogP contribution is -2.36. The summed E-state index contributed by atoms with van der Waals surface area (Å²) in [5.74, 6) is -0.0220. The van der Waals surface area contributed by atoms with Crippen LogP contribution in [-0.4, -0.2) is 29.8 Å². The van der Waals surface area contributed by atoms with Gasteiger partial charge in [0.05, 0.1) is 11.3 Å². The van der Waals surface area contributed by atoms with Crippen LogP contribution in [0.1, 0.15) is 53.6 Å². The van der Waals surface area contributed by atoms with Crippen molar-refractivity contribution >= 4 is 17.5 Å². The van der Waals surface area contributed by atoms with Crippen molar-refractivity contribution in [2.75, 3.05) is 18.4 Å². The molecule has 2 aromatic rings. The highest BCUT2D eigenvalue weighted by atomic mass is 16.2. The molecular formula is C23H28N2O2. The highest BCUT2D eigenvalue weighted by molar-refractivity contribution is 6.03. The van der Waals surface area contributed by atoms with Gasteiger partial charge < -0.3 is 10.2 Å². The van der Waals surface area contributed by atoms with Gasteiger partial charge in [-0.05, 0) is 56.7 Å². The second kappa shape index (κ2) is 9.36. The average molecular weight is 364 g/mol. The second-order valence-electron chi connectivity index (χ2n) is 7.29. The van der Waals surface area contributed by atoms with Crippen LogP contribution in [0.2, 0.25) is 0 Å². The largest absolute Gasteiger partial charge is 0.339 e. The minimum Gasteiger partial charge on any atom is -0.339 e. The number of aryl methyl sites for hydroxylation is 2. The Bertz CT molecular complexity index is 777. The quantitative estimate of drug-likeness (QED) is 0.815. The third kappa shape index (κ3) is 5.43. The number of carbonyl (C=O) groups is 2. The zero-order valence-corrected chi connectivity index (χ0v) is 16.0. The molecule has 0 bridgehead atoms. The van der Waals surface area contributed by atoms with Crippen LogP contribution in [0, 0.1) is 6.92 Å². The third-order valence-electron chi connectivity index (χ3n) is 5.06. The van der Waals surface area contributed by atoms with Gasteiger partial charge >= 0.3 is 0 Å². The van der Waals surface area contributed by atoms with Crippen molar-refractivity contribution in [2.24, 2.45) is 0 Å². The molecule has 1 heterocycles. The molecule has 0 atom stereocenters. The molecule has 27 heavy (non-hydrogen) atoms. The van der Waals surface area contributed by atoms with E-state index < -0.39 is 0 Å². The fourth-order valence-electron chi connectivity index (χ4n) is 3.47. The van der Waals surface area contributed by atoms with Crippen LogP contribution < -0.4 is 5.32 Å². The first-order valence-corrected chi connectivity index (χ1v) is 9.87. The fraction of sp³-hybridized carbons (Fsp3) is 0.391. The van der Waals surface area contributed by atoms with E-state index >= 15 is 0 Å². The monoisotopic (exact) mass is 364 g/mol. The van der Waals surface area contributed by atoms with Crippen LogP contribution in [0.15, 0.2) is 48.5 Å². The van der Waals surface area contributed by atoms with Crippen LogP contribution in [0.4, 0.5) is 5.69 Å². The Morgan fingerprint density at radius 2 is 1.67 bits per heavy atom. The van der Waals surface area contributed by atoms with Gasteiger partial charge in [0.2, 0.25) is 5.91 Å². The molecule has 0 radical (unpaired) electrons. The van der Waals surface area contributed by atoms with Crippen molar-refractivity contribution in [3.05, 3.63) is 65.2 Å². The normalized spacial score (nSPS) is 14.0. The molecular weight excluding hydrogens is 336 g/mol. The van der Waals surface area contributed by atoms with Gasteiger partial charge in [-0.1, -0.05) is 42.0 Å². The highest BCUT2D eigenvalue weighted by Gasteiger charge is 2.21. The van der Waals surface area contributed by atoms with Gasteiger partial charge in [-0.25, -0.2) is 0 Å². The maximum Gasteiger partial charge on any atom is 0.255 e. The van der Waals surface area contributed by atoms with E-state index in [2.05, 4.69) is 36.5 Å². The van der Waals surface area contributed by atoms with Crippen molar-refractivity contribution in [2.45, 2.75) is 45.4 Å². The van der Waals surface area contributed by atoms with Crippen LogP contribution in [0.25, 0.3) is 0 Å². The summed E-state index contributed by atoms with van der Waals surface area (Å²) >= 11 is 0. The Kier molecular flexibility index (Phi) is 6.64.